The smallest absolute Gasteiger partial charge is 0.177 e. The van der Waals surface area contributed by atoms with Crippen LogP contribution < -0.4 is 0 Å². The van der Waals surface area contributed by atoms with Crippen molar-refractivity contribution in [2.75, 3.05) is 0 Å². The van der Waals surface area contributed by atoms with Crippen LogP contribution in [-0.4, -0.2) is 11.9 Å². The Morgan fingerprint density at radius 1 is 1.62 bits per heavy atom. The highest BCUT2D eigenvalue weighted by Gasteiger charge is 2.20. The van der Waals surface area contributed by atoms with E-state index in [0.29, 0.717) is 12.2 Å². The van der Waals surface area contributed by atoms with Gasteiger partial charge in [-0.05, 0) is 13.3 Å². The molecule has 0 saturated carbocycles. The van der Waals surface area contributed by atoms with Crippen molar-refractivity contribution in [1.82, 2.24) is 0 Å². The topological polar surface area (TPSA) is 26.3 Å². The zero-order chi connectivity index (χ0) is 9.84. The molecule has 0 spiro atoms. The highest BCUT2D eigenvalue weighted by atomic mass is 35.5. The van der Waals surface area contributed by atoms with Gasteiger partial charge in [0.15, 0.2) is 5.78 Å². The van der Waals surface area contributed by atoms with E-state index in [9.17, 15) is 4.79 Å². The average molecular weight is 201 g/mol. The van der Waals surface area contributed by atoms with Crippen LogP contribution in [0.25, 0.3) is 0 Å². The van der Waals surface area contributed by atoms with E-state index in [2.05, 4.69) is 6.58 Å². The molecule has 0 heterocycles. The molecule has 0 N–H and O–H groups in total. The largest absolute Gasteiger partial charge is 0.489 e. The first kappa shape index (κ1) is 10.3. The molecule has 0 fully saturated rings. The van der Waals surface area contributed by atoms with Crippen molar-refractivity contribution in [2.24, 2.45) is 0 Å². The minimum Gasteiger partial charge on any atom is -0.489 e. The van der Waals surface area contributed by atoms with Crippen LogP contribution in [0.4, 0.5) is 0 Å². The number of hydrogen-bond donors (Lipinski definition) is 0. The van der Waals surface area contributed by atoms with E-state index in [-0.39, 0.29) is 16.9 Å². The summed E-state index contributed by atoms with van der Waals surface area (Å²) in [6, 6.07) is 0. The molecule has 1 rings (SSSR count). The predicted molar refractivity (Wildman–Crippen MR) is 52.5 cm³/mol. The zero-order valence-corrected chi connectivity index (χ0v) is 8.43. The van der Waals surface area contributed by atoms with E-state index < -0.39 is 0 Å². The first-order valence-corrected chi connectivity index (χ1v) is 4.74. The SMILES string of the molecule is C=CC(C)OC1=C(Cl)C(=O)CCC1. The molecule has 1 atom stereocenters. The van der Waals surface area contributed by atoms with Gasteiger partial charge in [-0.3, -0.25) is 4.79 Å². The van der Waals surface area contributed by atoms with Gasteiger partial charge in [-0.25, -0.2) is 0 Å². The second-order valence-corrected chi connectivity index (χ2v) is 3.45. The Balaban J connectivity index is 2.71. The second-order valence-electron chi connectivity index (χ2n) is 3.07. The molecule has 1 aliphatic rings. The molecule has 1 unspecified atom stereocenters. The lowest BCUT2D eigenvalue weighted by atomic mass is 10.0. The molecule has 0 aliphatic heterocycles. The molecule has 2 nitrogen and oxygen atoms in total. The van der Waals surface area contributed by atoms with E-state index >= 15 is 0 Å². The molecule has 0 aromatic heterocycles. The number of allylic oxidation sites excluding steroid dienone is 2. The molecular formula is C10H13ClO2. The molecule has 0 saturated heterocycles. The summed E-state index contributed by atoms with van der Waals surface area (Å²) < 4.78 is 5.43. The Bertz CT molecular complexity index is 256. The van der Waals surface area contributed by atoms with Gasteiger partial charge in [0.25, 0.3) is 0 Å². The van der Waals surface area contributed by atoms with Crippen molar-refractivity contribution in [2.45, 2.75) is 32.3 Å². The van der Waals surface area contributed by atoms with E-state index in [4.69, 9.17) is 16.3 Å². The van der Waals surface area contributed by atoms with E-state index in [1.165, 1.54) is 0 Å². The molecule has 0 bridgehead atoms. The van der Waals surface area contributed by atoms with Gasteiger partial charge in [0.05, 0.1) is 0 Å². The van der Waals surface area contributed by atoms with Crippen molar-refractivity contribution in [3.05, 3.63) is 23.4 Å². The minimum absolute atomic E-state index is 0.0146. The van der Waals surface area contributed by atoms with Gasteiger partial charge in [-0.15, -0.1) is 0 Å². The van der Waals surface area contributed by atoms with E-state index in [0.717, 1.165) is 12.8 Å². The number of carbonyl (C=O) groups excluding carboxylic acids is 1. The molecule has 72 valence electrons. The summed E-state index contributed by atoms with van der Waals surface area (Å²) >= 11 is 5.80. The molecule has 13 heavy (non-hydrogen) atoms. The molecular weight excluding hydrogens is 188 g/mol. The molecule has 3 heteroatoms. The number of Topliss-reactive ketones (excluding diaryl/α,β-unsaturated/α-hetero) is 1. The number of rotatable bonds is 3. The minimum atomic E-state index is -0.0883. The van der Waals surface area contributed by atoms with Crippen LogP contribution in [0.3, 0.4) is 0 Å². The molecule has 0 radical (unpaired) electrons. The summed E-state index contributed by atoms with van der Waals surface area (Å²) in [6.07, 6.45) is 3.70. The molecule has 0 aromatic rings. The van der Waals surface area contributed by atoms with E-state index in [1.54, 1.807) is 6.08 Å². The number of halogens is 1. The summed E-state index contributed by atoms with van der Waals surface area (Å²) in [5.41, 5.74) is 0. The summed E-state index contributed by atoms with van der Waals surface area (Å²) in [5, 5.41) is 0.264. The van der Waals surface area contributed by atoms with Gasteiger partial charge in [0.2, 0.25) is 0 Å². The third-order valence-electron chi connectivity index (χ3n) is 1.96. The quantitative estimate of drug-likeness (QED) is 0.655. The van der Waals surface area contributed by atoms with Gasteiger partial charge in [-0.1, -0.05) is 24.3 Å². The first-order chi connectivity index (χ1) is 6.15. The van der Waals surface area contributed by atoms with Crippen molar-refractivity contribution in [1.29, 1.82) is 0 Å². The highest BCUT2D eigenvalue weighted by Crippen LogP contribution is 2.26. The standard InChI is InChI=1S/C10H13ClO2/c1-3-7(2)13-9-6-4-5-8(12)10(9)11/h3,7H,1,4-6H2,2H3. The summed E-state index contributed by atoms with van der Waals surface area (Å²) in [7, 11) is 0. The Morgan fingerprint density at radius 3 is 2.92 bits per heavy atom. The van der Waals surface area contributed by atoms with Gasteiger partial charge >= 0.3 is 0 Å². The average Bonchev–Trinajstić information content (AvgIpc) is 2.13. The van der Waals surface area contributed by atoms with Crippen LogP contribution in [0.2, 0.25) is 0 Å². The van der Waals surface area contributed by atoms with Crippen molar-refractivity contribution in [3.63, 3.8) is 0 Å². The van der Waals surface area contributed by atoms with E-state index in [1.807, 2.05) is 6.92 Å². The van der Waals surface area contributed by atoms with Gasteiger partial charge in [-0.2, -0.15) is 0 Å². The fourth-order valence-corrected chi connectivity index (χ4v) is 1.40. The predicted octanol–water partition coefficient (Wildman–Crippen LogP) is 2.78. The first-order valence-electron chi connectivity index (χ1n) is 4.36. The van der Waals surface area contributed by atoms with Crippen LogP contribution in [0.5, 0.6) is 0 Å². The monoisotopic (exact) mass is 200 g/mol. The fraction of sp³-hybridized carbons (Fsp3) is 0.500. The fourth-order valence-electron chi connectivity index (χ4n) is 1.17. The van der Waals surface area contributed by atoms with Gasteiger partial charge in [0, 0.05) is 12.8 Å². The zero-order valence-electron chi connectivity index (χ0n) is 7.68. The van der Waals surface area contributed by atoms with Gasteiger partial charge < -0.3 is 4.74 Å². The third kappa shape index (κ3) is 2.59. The number of hydrogen-bond acceptors (Lipinski definition) is 2. The normalized spacial score (nSPS) is 20.0. The summed E-state index contributed by atoms with van der Waals surface area (Å²) in [6.45, 7) is 5.46. The number of ketones is 1. The Morgan fingerprint density at radius 2 is 2.31 bits per heavy atom. The van der Waals surface area contributed by atoms with Crippen LogP contribution >= 0.6 is 11.6 Å². The number of carbonyl (C=O) groups is 1. The van der Waals surface area contributed by atoms with Crippen molar-refractivity contribution in [3.8, 4) is 0 Å². The van der Waals surface area contributed by atoms with Crippen LogP contribution in [-0.2, 0) is 9.53 Å². The maximum Gasteiger partial charge on any atom is 0.177 e. The van der Waals surface area contributed by atoms with Crippen molar-refractivity contribution < 1.29 is 9.53 Å². The lowest BCUT2D eigenvalue weighted by Crippen LogP contribution is -2.13. The lowest BCUT2D eigenvalue weighted by molar-refractivity contribution is -0.115. The van der Waals surface area contributed by atoms with Crippen LogP contribution in [0.15, 0.2) is 23.4 Å². The van der Waals surface area contributed by atoms with Crippen molar-refractivity contribution >= 4 is 17.4 Å². The maximum absolute atomic E-state index is 11.2. The molecule has 0 amide bonds. The lowest BCUT2D eigenvalue weighted by Gasteiger charge is -2.18. The van der Waals surface area contributed by atoms with Crippen LogP contribution in [0.1, 0.15) is 26.2 Å². The van der Waals surface area contributed by atoms with Gasteiger partial charge in [0.1, 0.15) is 16.9 Å². The Hall–Kier alpha value is -0.760. The maximum atomic E-state index is 11.2. The summed E-state index contributed by atoms with van der Waals surface area (Å²) in [5.74, 6) is 0.601. The Kier molecular flexibility index (Phi) is 3.55. The third-order valence-corrected chi connectivity index (χ3v) is 2.38. The Labute approximate surface area is 83.2 Å². The molecule has 0 aromatic carbocycles. The van der Waals surface area contributed by atoms with Crippen LogP contribution in [0, 0.1) is 0 Å². The number of ether oxygens (including phenoxy) is 1. The molecule has 1 aliphatic carbocycles. The second kappa shape index (κ2) is 4.47. The summed E-state index contributed by atoms with van der Waals surface area (Å²) in [4.78, 5) is 11.2. The highest BCUT2D eigenvalue weighted by molar-refractivity contribution is 6.42.